The lowest BCUT2D eigenvalue weighted by molar-refractivity contribution is -0.118. The number of hydrogen-bond donors (Lipinski definition) is 0. The molecule has 0 aliphatic carbocycles. The predicted molar refractivity (Wildman–Crippen MR) is 92.4 cm³/mol. The third-order valence-corrected chi connectivity index (χ3v) is 5.01. The molecule has 3 aromatic heterocycles. The van der Waals surface area contributed by atoms with Crippen molar-refractivity contribution < 1.29 is 4.79 Å². The van der Waals surface area contributed by atoms with Crippen LogP contribution >= 0.6 is 22.7 Å². The summed E-state index contributed by atoms with van der Waals surface area (Å²) < 4.78 is 0. The average Bonchev–Trinajstić information content (AvgIpc) is 3.24. The Morgan fingerprint density at radius 2 is 2.14 bits per heavy atom. The maximum absolute atomic E-state index is 12.7. The van der Waals surface area contributed by atoms with Gasteiger partial charge >= 0.3 is 0 Å². The smallest absolute Gasteiger partial charge is 0.227 e. The first kappa shape index (κ1) is 14.9. The second-order valence-corrected chi connectivity index (χ2v) is 6.71. The summed E-state index contributed by atoms with van der Waals surface area (Å²) in [5, 5.41) is 6.16. The Kier molecular flexibility index (Phi) is 4.98. The highest BCUT2D eigenvalue weighted by Gasteiger charge is 2.16. The lowest BCUT2D eigenvalue weighted by Crippen LogP contribution is -2.30. The van der Waals surface area contributed by atoms with Crippen LogP contribution in [0.4, 0.5) is 5.69 Å². The minimum Gasteiger partial charge on any atom is -0.306 e. The molecule has 0 fully saturated rings. The zero-order chi connectivity index (χ0) is 15.2. The van der Waals surface area contributed by atoms with Crippen LogP contribution in [0, 0.1) is 0 Å². The number of hydrogen-bond acceptors (Lipinski definition) is 4. The average molecular weight is 328 g/mol. The van der Waals surface area contributed by atoms with E-state index in [2.05, 4.69) is 22.5 Å². The lowest BCUT2D eigenvalue weighted by Gasteiger charge is -2.22. The summed E-state index contributed by atoms with van der Waals surface area (Å²) in [6, 6.07) is 9.95. The van der Waals surface area contributed by atoms with E-state index in [1.54, 1.807) is 35.1 Å². The molecule has 0 atom stereocenters. The Hall–Kier alpha value is -1.98. The molecule has 0 saturated carbocycles. The number of carbonyl (C=O) groups is 1. The fourth-order valence-electron chi connectivity index (χ4n) is 2.22. The molecule has 0 saturated heterocycles. The molecule has 0 aliphatic heterocycles. The van der Waals surface area contributed by atoms with Crippen molar-refractivity contribution in [2.75, 3.05) is 4.90 Å². The van der Waals surface area contributed by atoms with Crippen LogP contribution in [0.5, 0.6) is 0 Å². The minimum atomic E-state index is 0.132. The molecule has 0 bridgehead atoms. The van der Waals surface area contributed by atoms with E-state index in [4.69, 9.17) is 0 Å². The Morgan fingerprint density at radius 3 is 2.82 bits per heavy atom. The summed E-state index contributed by atoms with van der Waals surface area (Å²) in [4.78, 5) is 19.9. The zero-order valence-corrected chi connectivity index (χ0v) is 13.6. The van der Waals surface area contributed by atoms with Crippen LogP contribution < -0.4 is 4.90 Å². The van der Waals surface area contributed by atoms with Gasteiger partial charge in [0.2, 0.25) is 5.91 Å². The van der Waals surface area contributed by atoms with Crippen molar-refractivity contribution >= 4 is 34.3 Å². The molecule has 0 unspecified atom stereocenters. The SMILES string of the molecule is O=C(CCc1cccs1)N(Cc1ccsc1)c1cccnc1. The molecule has 0 spiro atoms. The van der Waals surface area contributed by atoms with E-state index in [1.807, 2.05) is 33.9 Å². The van der Waals surface area contributed by atoms with E-state index < -0.39 is 0 Å². The highest BCUT2D eigenvalue weighted by atomic mass is 32.1. The molecule has 3 nitrogen and oxygen atoms in total. The van der Waals surface area contributed by atoms with E-state index >= 15 is 0 Å². The van der Waals surface area contributed by atoms with E-state index in [9.17, 15) is 4.79 Å². The summed E-state index contributed by atoms with van der Waals surface area (Å²) in [5.74, 6) is 0.132. The number of aryl methyl sites for hydroxylation is 1. The van der Waals surface area contributed by atoms with Crippen LogP contribution in [-0.2, 0) is 17.8 Å². The van der Waals surface area contributed by atoms with Crippen LogP contribution in [0.1, 0.15) is 16.9 Å². The standard InChI is InChI=1S/C17H16N2OS2/c20-17(6-5-16-4-2-9-22-16)19(12-14-7-10-21-13-14)15-3-1-8-18-11-15/h1-4,7-11,13H,5-6,12H2. The largest absolute Gasteiger partial charge is 0.306 e. The maximum atomic E-state index is 12.7. The monoisotopic (exact) mass is 328 g/mol. The first-order valence-electron chi connectivity index (χ1n) is 7.07. The van der Waals surface area contributed by atoms with Gasteiger partial charge in [0, 0.05) is 17.5 Å². The first-order valence-corrected chi connectivity index (χ1v) is 8.89. The van der Waals surface area contributed by atoms with Gasteiger partial charge in [0.05, 0.1) is 18.4 Å². The van der Waals surface area contributed by atoms with Crippen LogP contribution in [0.3, 0.4) is 0 Å². The molecule has 0 aromatic carbocycles. The Morgan fingerprint density at radius 1 is 1.18 bits per heavy atom. The van der Waals surface area contributed by atoms with Crippen molar-refractivity contribution in [3.8, 4) is 0 Å². The summed E-state index contributed by atoms with van der Waals surface area (Å²) in [7, 11) is 0. The normalized spacial score (nSPS) is 10.5. The Balaban J connectivity index is 1.74. The molecule has 112 valence electrons. The van der Waals surface area contributed by atoms with Crippen molar-refractivity contribution in [1.82, 2.24) is 4.98 Å². The Bertz CT molecular complexity index is 694. The minimum absolute atomic E-state index is 0.132. The second kappa shape index (κ2) is 7.33. The fourth-order valence-corrected chi connectivity index (χ4v) is 3.59. The summed E-state index contributed by atoms with van der Waals surface area (Å²) in [6.45, 7) is 0.596. The van der Waals surface area contributed by atoms with E-state index in [-0.39, 0.29) is 5.91 Å². The predicted octanol–water partition coefficient (Wildman–Crippen LogP) is 4.37. The van der Waals surface area contributed by atoms with Gasteiger partial charge in [-0.3, -0.25) is 9.78 Å². The summed E-state index contributed by atoms with van der Waals surface area (Å²) >= 11 is 3.34. The molecule has 3 aromatic rings. The maximum Gasteiger partial charge on any atom is 0.227 e. The van der Waals surface area contributed by atoms with Gasteiger partial charge in [0.15, 0.2) is 0 Å². The Labute approximate surface area is 137 Å². The van der Waals surface area contributed by atoms with Crippen LogP contribution in [0.25, 0.3) is 0 Å². The van der Waals surface area contributed by atoms with Gasteiger partial charge < -0.3 is 4.90 Å². The van der Waals surface area contributed by atoms with Crippen molar-refractivity contribution in [3.63, 3.8) is 0 Å². The topological polar surface area (TPSA) is 33.2 Å². The molecule has 5 heteroatoms. The van der Waals surface area contributed by atoms with Gasteiger partial charge in [0.25, 0.3) is 0 Å². The molecule has 0 aliphatic rings. The quantitative estimate of drug-likeness (QED) is 0.673. The number of nitrogens with zero attached hydrogens (tertiary/aromatic N) is 2. The third kappa shape index (κ3) is 3.81. The van der Waals surface area contributed by atoms with Crippen molar-refractivity contribution in [2.45, 2.75) is 19.4 Å². The highest BCUT2D eigenvalue weighted by Crippen LogP contribution is 2.20. The zero-order valence-electron chi connectivity index (χ0n) is 12.0. The van der Waals surface area contributed by atoms with Gasteiger partial charge in [-0.05, 0) is 52.4 Å². The molecular formula is C17H16N2OS2. The summed E-state index contributed by atoms with van der Waals surface area (Å²) in [5.41, 5.74) is 2.00. The van der Waals surface area contributed by atoms with Gasteiger partial charge in [-0.25, -0.2) is 0 Å². The van der Waals surface area contributed by atoms with Crippen molar-refractivity contribution in [2.24, 2.45) is 0 Å². The summed E-state index contributed by atoms with van der Waals surface area (Å²) in [6.07, 6.45) is 4.77. The van der Waals surface area contributed by atoms with Crippen LogP contribution in [0.2, 0.25) is 0 Å². The number of amides is 1. The molecule has 3 heterocycles. The second-order valence-electron chi connectivity index (χ2n) is 4.90. The lowest BCUT2D eigenvalue weighted by atomic mass is 10.2. The van der Waals surface area contributed by atoms with Gasteiger partial charge in [0.1, 0.15) is 0 Å². The van der Waals surface area contributed by atoms with Crippen LogP contribution in [0.15, 0.2) is 58.9 Å². The van der Waals surface area contributed by atoms with Crippen LogP contribution in [-0.4, -0.2) is 10.9 Å². The molecule has 3 rings (SSSR count). The van der Waals surface area contributed by atoms with E-state index in [0.717, 1.165) is 17.7 Å². The van der Waals surface area contributed by atoms with Gasteiger partial charge in [-0.15, -0.1) is 11.3 Å². The molecular weight excluding hydrogens is 312 g/mol. The van der Waals surface area contributed by atoms with Crippen molar-refractivity contribution in [3.05, 3.63) is 69.3 Å². The first-order chi connectivity index (χ1) is 10.8. The molecule has 0 radical (unpaired) electrons. The highest BCUT2D eigenvalue weighted by molar-refractivity contribution is 7.09. The number of carbonyl (C=O) groups excluding carboxylic acids is 1. The van der Waals surface area contributed by atoms with E-state index in [1.165, 1.54) is 4.88 Å². The molecule has 22 heavy (non-hydrogen) atoms. The fraction of sp³-hybridized carbons (Fsp3) is 0.176. The number of anilines is 1. The van der Waals surface area contributed by atoms with Gasteiger partial charge in [-0.1, -0.05) is 6.07 Å². The third-order valence-electron chi connectivity index (χ3n) is 3.34. The van der Waals surface area contributed by atoms with E-state index in [0.29, 0.717) is 13.0 Å². The molecule has 0 N–H and O–H groups in total. The number of thiophene rings is 2. The number of pyridine rings is 1. The van der Waals surface area contributed by atoms with Gasteiger partial charge in [-0.2, -0.15) is 11.3 Å². The molecule has 1 amide bonds. The number of aromatic nitrogens is 1. The van der Waals surface area contributed by atoms with Crippen molar-refractivity contribution in [1.29, 1.82) is 0 Å². The number of rotatable bonds is 6.